The molecule has 0 spiro atoms. The molecule has 0 aliphatic carbocycles. The van der Waals surface area contributed by atoms with E-state index in [0.29, 0.717) is 38.6 Å². The van der Waals surface area contributed by atoms with Crippen LogP contribution in [0.2, 0.25) is 0 Å². The highest BCUT2D eigenvalue weighted by Gasteiger charge is 2.10. The van der Waals surface area contributed by atoms with Crippen molar-refractivity contribution in [1.82, 2.24) is 0 Å². The Hall–Kier alpha value is -1.43. The van der Waals surface area contributed by atoms with E-state index in [2.05, 4.69) is 0 Å². The van der Waals surface area contributed by atoms with Gasteiger partial charge in [0.25, 0.3) is 0 Å². The highest BCUT2D eigenvalue weighted by molar-refractivity contribution is 5.91. The van der Waals surface area contributed by atoms with Crippen molar-refractivity contribution in [3.8, 4) is 0 Å². The Labute approximate surface area is 126 Å². The van der Waals surface area contributed by atoms with Crippen LogP contribution in [-0.4, -0.2) is 52.7 Å². The molecule has 0 amide bonds. The smallest absolute Gasteiger partial charge is 0.338 e. The molecule has 0 heterocycles. The number of methoxy groups -OCH3 is 1. The van der Waals surface area contributed by atoms with Crippen LogP contribution in [0.25, 0.3) is 0 Å². The van der Waals surface area contributed by atoms with Crippen LogP contribution in [-0.2, 0) is 18.9 Å². The first-order valence-corrected chi connectivity index (χ1v) is 7.04. The van der Waals surface area contributed by atoms with Crippen molar-refractivity contribution in [2.45, 2.75) is 13.8 Å². The van der Waals surface area contributed by atoms with Gasteiger partial charge in [-0.1, -0.05) is 17.7 Å². The van der Waals surface area contributed by atoms with E-state index in [9.17, 15) is 4.79 Å². The quantitative estimate of drug-likeness (QED) is 0.489. The van der Waals surface area contributed by atoms with E-state index in [0.717, 1.165) is 11.1 Å². The molecule has 0 aliphatic heterocycles. The second-order valence-corrected chi connectivity index (χ2v) is 4.67. The van der Waals surface area contributed by atoms with Crippen LogP contribution in [0.15, 0.2) is 18.2 Å². The highest BCUT2D eigenvalue weighted by atomic mass is 16.6. The number of carbonyl (C=O) groups is 1. The molecule has 0 fully saturated rings. The number of esters is 1. The summed E-state index contributed by atoms with van der Waals surface area (Å²) in [5, 5.41) is 0. The number of carbonyl (C=O) groups excluding carboxylic acids is 1. The Kier molecular flexibility index (Phi) is 8.66. The fraction of sp³-hybridized carbons (Fsp3) is 0.562. The molecule has 0 radical (unpaired) electrons. The summed E-state index contributed by atoms with van der Waals surface area (Å²) in [6.45, 7) is 6.56. The molecule has 21 heavy (non-hydrogen) atoms. The first kappa shape index (κ1) is 17.6. The second kappa shape index (κ2) is 10.3. The van der Waals surface area contributed by atoms with Crippen molar-refractivity contribution < 1.29 is 23.7 Å². The van der Waals surface area contributed by atoms with E-state index in [-0.39, 0.29) is 12.6 Å². The monoisotopic (exact) mass is 296 g/mol. The van der Waals surface area contributed by atoms with Gasteiger partial charge in [-0.15, -0.1) is 0 Å². The molecule has 1 aromatic rings. The lowest BCUT2D eigenvalue weighted by Crippen LogP contribution is -2.14. The van der Waals surface area contributed by atoms with Gasteiger partial charge < -0.3 is 18.9 Å². The standard InChI is InChI=1S/C16H24O5/c1-13-4-5-14(2)15(12-13)16(17)21-11-10-20-9-8-19-7-6-18-3/h4-5,12H,6-11H2,1-3H3. The zero-order valence-corrected chi connectivity index (χ0v) is 13.0. The normalized spacial score (nSPS) is 10.6. The van der Waals surface area contributed by atoms with Crippen molar-refractivity contribution in [2.24, 2.45) is 0 Å². The summed E-state index contributed by atoms with van der Waals surface area (Å²) in [4.78, 5) is 11.9. The van der Waals surface area contributed by atoms with Gasteiger partial charge in [0, 0.05) is 7.11 Å². The molecule has 0 atom stereocenters. The maximum Gasteiger partial charge on any atom is 0.338 e. The predicted octanol–water partition coefficient (Wildman–Crippen LogP) is 2.14. The molecule has 5 nitrogen and oxygen atoms in total. The molecule has 0 N–H and O–H groups in total. The first-order valence-electron chi connectivity index (χ1n) is 7.04. The first-order chi connectivity index (χ1) is 10.1. The topological polar surface area (TPSA) is 54.0 Å². The van der Waals surface area contributed by atoms with E-state index in [4.69, 9.17) is 18.9 Å². The Morgan fingerprint density at radius 2 is 1.57 bits per heavy atom. The van der Waals surface area contributed by atoms with Gasteiger partial charge in [-0.05, 0) is 25.5 Å². The Balaban J connectivity index is 2.12. The number of hydrogen-bond acceptors (Lipinski definition) is 5. The lowest BCUT2D eigenvalue weighted by molar-refractivity contribution is 0.00567. The van der Waals surface area contributed by atoms with Gasteiger partial charge in [-0.2, -0.15) is 0 Å². The zero-order valence-electron chi connectivity index (χ0n) is 13.0. The average molecular weight is 296 g/mol. The molecule has 0 bridgehead atoms. The van der Waals surface area contributed by atoms with Crippen LogP contribution in [0.1, 0.15) is 21.5 Å². The largest absolute Gasteiger partial charge is 0.460 e. The van der Waals surface area contributed by atoms with Crippen molar-refractivity contribution in [3.05, 3.63) is 34.9 Å². The summed E-state index contributed by atoms with van der Waals surface area (Å²) in [7, 11) is 1.63. The SMILES string of the molecule is COCCOCCOCCOC(=O)c1cc(C)ccc1C. The minimum absolute atomic E-state index is 0.240. The zero-order chi connectivity index (χ0) is 15.5. The third kappa shape index (κ3) is 7.22. The Morgan fingerprint density at radius 1 is 0.952 bits per heavy atom. The van der Waals surface area contributed by atoms with Gasteiger partial charge in [0.2, 0.25) is 0 Å². The Morgan fingerprint density at radius 3 is 2.24 bits per heavy atom. The Bertz CT molecular complexity index is 431. The van der Waals surface area contributed by atoms with E-state index >= 15 is 0 Å². The minimum Gasteiger partial charge on any atom is -0.460 e. The number of ether oxygens (including phenoxy) is 4. The maximum absolute atomic E-state index is 11.9. The number of benzene rings is 1. The van der Waals surface area contributed by atoms with Crippen LogP contribution >= 0.6 is 0 Å². The summed E-state index contributed by atoms with van der Waals surface area (Å²) in [5.41, 5.74) is 2.56. The molecule has 0 unspecified atom stereocenters. The summed E-state index contributed by atoms with van der Waals surface area (Å²) in [6.07, 6.45) is 0. The van der Waals surface area contributed by atoms with Crippen molar-refractivity contribution in [3.63, 3.8) is 0 Å². The molecular weight excluding hydrogens is 272 g/mol. The van der Waals surface area contributed by atoms with Crippen LogP contribution in [0.4, 0.5) is 0 Å². The molecule has 1 rings (SSSR count). The second-order valence-electron chi connectivity index (χ2n) is 4.67. The van der Waals surface area contributed by atoms with Gasteiger partial charge in [0.05, 0.1) is 38.6 Å². The molecule has 5 heteroatoms. The predicted molar refractivity (Wildman–Crippen MR) is 79.7 cm³/mol. The number of hydrogen-bond donors (Lipinski definition) is 0. The van der Waals surface area contributed by atoms with Gasteiger partial charge in [0.1, 0.15) is 6.61 Å². The van der Waals surface area contributed by atoms with Crippen LogP contribution in [0.3, 0.4) is 0 Å². The van der Waals surface area contributed by atoms with Crippen molar-refractivity contribution >= 4 is 5.97 Å². The van der Waals surface area contributed by atoms with Crippen LogP contribution in [0.5, 0.6) is 0 Å². The molecule has 1 aromatic carbocycles. The summed E-state index contributed by atoms with van der Waals surface area (Å²) in [6, 6.07) is 5.72. The average Bonchev–Trinajstić information content (AvgIpc) is 2.48. The maximum atomic E-state index is 11.9. The summed E-state index contributed by atoms with van der Waals surface area (Å²) < 4.78 is 20.6. The summed E-state index contributed by atoms with van der Waals surface area (Å²) in [5.74, 6) is -0.309. The fourth-order valence-corrected chi connectivity index (χ4v) is 1.69. The van der Waals surface area contributed by atoms with Crippen LogP contribution in [0, 0.1) is 13.8 Å². The third-order valence-electron chi connectivity index (χ3n) is 2.88. The fourth-order valence-electron chi connectivity index (χ4n) is 1.69. The van der Waals surface area contributed by atoms with E-state index in [1.165, 1.54) is 0 Å². The van der Waals surface area contributed by atoms with E-state index in [1.54, 1.807) is 7.11 Å². The minimum atomic E-state index is -0.309. The number of aryl methyl sites for hydroxylation is 2. The molecule has 0 aromatic heterocycles. The van der Waals surface area contributed by atoms with Crippen molar-refractivity contribution in [2.75, 3.05) is 46.8 Å². The van der Waals surface area contributed by atoms with Gasteiger partial charge in [-0.3, -0.25) is 0 Å². The van der Waals surface area contributed by atoms with E-state index in [1.807, 2.05) is 32.0 Å². The molecular formula is C16H24O5. The molecule has 0 saturated heterocycles. The third-order valence-corrected chi connectivity index (χ3v) is 2.88. The molecule has 118 valence electrons. The van der Waals surface area contributed by atoms with Gasteiger partial charge in [0.15, 0.2) is 0 Å². The lowest BCUT2D eigenvalue weighted by Gasteiger charge is -2.09. The summed E-state index contributed by atoms with van der Waals surface area (Å²) >= 11 is 0. The lowest BCUT2D eigenvalue weighted by atomic mass is 10.1. The van der Waals surface area contributed by atoms with Gasteiger partial charge in [-0.25, -0.2) is 4.79 Å². The number of rotatable bonds is 10. The van der Waals surface area contributed by atoms with E-state index < -0.39 is 0 Å². The highest BCUT2D eigenvalue weighted by Crippen LogP contribution is 2.11. The molecule has 0 saturated carbocycles. The van der Waals surface area contributed by atoms with Gasteiger partial charge >= 0.3 is 5.97 Å². The van der Waals surface area contributed by atoms with Crippen molar-refractivity contribution in [1.29, 1.82) is 0 Å². The van der Waals surface area contributed by atoms with Crippen LogP contribution < -0.4 is 0 Å². The molecule has 0 aliphatic rings.